The lowest BCUT2D eigenvalue weighted by molar-refractivity contribution is 0.166. The molecule has 17 heavy (non-hydrogen) atoms. The van der Waals surface area contributed by atoms with Crippen LogP contribution < -0.4 is 4.74 Å². The van der Waals surface area contributed by atoms with Crippen molar-refractivity contribution in [2.45, 2.75) is 26.1 Å². The molecule has 2 rings (SSSR count). The number of aliphatic hydroxyl groups is 1. The molecule has 0 spiro atoms. The van der Waals surface area contributed by atoms with Crippen molar-refractivity contribution in [1.29, 1.82) is 0 Å². The van der Waals surface area contributed by atoms with Crippen LogP contribution in [0.15, 0.2) is 41.2 Å². The number of nitrogens with zero attached hydrogens (tertiary/aromatic N) is 1. The third-order valence-corrected chi connectivity index (χ3v) is 2.54. The van der Waals surface area contributed by atoms with E-state index in [0.717, 1.165) is 11.1 Å². The van der Waals surface area contributed by atoms with Gasteiger partial charge in [0.15, 0.2) is 0 Å². The maximum Gasteiger partial charge on any atom is 0.130 e. The van der Waals surface area contributed by atoms with Crippen molar-refractivity contribution in [1.82, 2.24) is 5.16 Å². The maximum atomic E-state index is 9.86. The number of benzene rings is 1. The lowest BCUT2D eigenvalue weighted by Gasteiger charge is -2.14. The van der Waals surface area contributed by atoms with E-state index < -0.39 is 6.10 Å². The van der Waals surface area contributed by atoms with E-state index in [0.29, 0.717) is 18.8 Å². The molecule has 90 valence electrons. The molecule has 1 aromatic carbocycles. The number of rotatable bonds is 5. The Kier molecular flexibility index (Phi) is 3.77. The summed E-state index contributed by atoms with van der Waals surface area (Å²) in [4.78, 5) is 0. The number of aromatic nitrogens is 1. The Morgan fingerprint density at radius 1 is 1.41 bits per heavy atom. The van der Waals surface area contributed by atoms with Gasteiger partial charge in [-0.15, -0.1) is 0 Å². The van der Waals surface area contributed by atoms with Crippen LogP contribution in [0.4, 0.5) is 0 Å². The van der Waals surface area contributed by atoms with Crippen molar-refractivity contribution < 1.29 is 14.4 Å². The Morgan fingerprint density at radius 2 is 2.24 bits per heavy atom. The van der Waals surface area contributed by atoms with E-state index in [1.807, 2.05) is 31.2 Å². The molecule has 0 radical (unpaired) electrons. The van der Waals surface area contributed by atoms with Gasteiger partial charge in [0.05, 0.1) is 12.3 Å². The smallest absolute Gasteiger partial charge is 0.130 e. The van der Waals surface area contributed by atoms with Crippen LogP contribution in [0.5, 0.6) is 5.75 Å². The van der Waals surface area contributed by atoms with Gasteiger partial charge in [0.25, 0.3) is 0 Å². The molecule has 2 aromatic rings. The second-order valence-electron chi connectivity index (χ2n) is 3.78. The first-order valence-corrected chi connectivity index (χ1v) is 5.59. The van der Waals surface area contributed by atoms with Gasteiger partial charge in [-0.05, 0) is 12.5 Å². The van der Waals surface area contributed by atoms with Crippen LogP contribution in [0.3, 0.4) is 0 Å². The molecule has 1 heterocycles. The summed E-state index contributed by atoms with van der Waals surface area (Å²) in [5, 5.41) is 13.5. The minimum absolute atomic E-state index is 0.386. The lowest BCUT2D eigenvalue weighted by atomic mass is 10.1. The Morgan fingerprint density at radius 3 is 2.94 bits per heavy atom. The minimum atomic E-state index is -0.492. The summed E-state index contributed by atoms with van der Waals surface area (Å²) in [6.07, 6.45) is 3.32. The number of aliphatic hydroxyl groups excluding tert-OH is 1. The zero-order chi connectivity index (χ0) is 12.1. The molecule has 4 nitrogen and oxygen atoms in total. The molecule has 0 fully saturated rings. The minimum Gasteiger partial charge on any atom is -0.488 e. The van der Waals surface area contributed by atoms with Crippen molar-refractivity contribution in [2.75, 3.05) is 0 Å². The van der Waals surface area contributed by atoms with E-state index in [2.05, 4.69) is 5.16 Å². The van der Waals surface area contributed by atoms with Gasteiger partial charge in [-0.3, -0.25) is 0 Å². The second-order valence-corrected chi connectivity index (χ2v) is 3.78. The van der Waals surface area contributed by atoms with Crippen LogP contribution in [0.2, 0.25) is 0 Å². The van der Waals surface area contributed by atoms with Gasteiger partial charge in [0, 0.05) is 11.1 Å². The first kappa shape index (κ1) is 11.7. The molecule has 1 N–H and O–H groups in total. The summed E-state index contributed by atoms with van der Waals surface area (Å²) < 4.78 is 10.4. The van der Waals surface area contributed by atoms with Crippen molar-refractivity contribution >= 4 is 0 Å². The van der Waals surface area contributed by atoms with E-state index in [-0.39, 0.29) is 0 Å². The largest absolute Gasteiger partial charge is 0.488 e. The zero-order valence-electron chi connectivity index (χ0n) is 9.67. The molecule has 0 aliphatic heterocycles. The van der Waals surface area contributed by atoms with Crippen LogP contribution in [-0.4, -0.2) is 10.3 Å². The van der Waals surface area contributed by atoms with Crippen LogP contribution >= 0.6 is 0 Å². The fourth-order valence-corrected chi connectivity index (χ4v) is 1.57. The molecule has 0 saturated carbocycles. The first-order valence-electron chi connectivity index (χ1n) is 5.59. The van der Waals surface area contributed by atoms with Crippen LogP contribution in [0.1, 0.15) is 30.6 Å². The molecule has 0 aliphatic rings. The average molecular weight is 233 g/mol. The summed E-state index contributed by atoms with van der Waals surface area (Å²) in [6.45, 7) is 2.32. The van der Waals surface area contributed by atoms with Gasteiger partial charge >= 0.3 is 0 Å². The average Bonchev–Trinajstić information content (AvgIpc) is 2.89. The highest BCUT2D eigenvalue weighted by atomic mass is 16.5. The van der Waals surface area contributed by atoms with E-state index in [4.69, 9.17) is 9.26 Å². The van der Waals surface area contributed by atoms with Gasteiger partial charge < -0.3 is 14.4 Å². The Bertz CT molecular complexity index is 453. The van der Waals surface area contributed by atoms with Crippen LogP contribution in [-0.2, 0) is 6.61 Å². The molecule has 1 aromatic heterocycles. The van der Waals surface area contributed by atoms with E-state index >= 15 is 0 Å². The topological polar surface area (TPSA) is 55.5 Å². The summed E-state index contributed by atoms with van der Waals surface area (Å²) in [7, 11) is 0. The highest BCUT2D eigenvalue weighted by Gasteiger charge is 2.11. The molecule has 1 atom stereocenters. The molecule has 0 saturated heterocycles. The molecule has 0 unspecified atom stereocenters. The summed E-state index contributed by atoms with van der Waals surface area (Å²) in [6, 6.07) is 7.49. The van der Waals surface area contributed by atoms with Crippen molar-refractivity contribution in [2.24, 2.45) is 0 Å². The number of ether oxygens (including phenoxy) is 1. The summed E-state index contributed by atoms with van der Waals surface area (Å²) in [5.74, 6) is 0.697. The highest BCUT2D eigenvalue weighted by Crippen LogP contribution is 2.27. The third kappa shape index (κ3) is 2.85. The SMILES string of the molecule is CC[C@@H](O)c1ccccc1OCc1cnoc1. The summed E-state index contributed by atoms with van der Waals surface area (Å²) >= 11 is 0. The zero-order valence-corrected chi connectivity index (χ0v) is 9.67. The number of hydrogen-bond donors (Lipinski definition) is 1. The van der Waals surface area contributed by atoms with Crippen LogP contribution in [0, 0.1) is 0 Å². The van der Waals surface area contributed by atoms with Gasteiger partial charge in [0.2, 0.25) is 0 Å². The van der Waals surface area contributed by atoms with Crippen molar-refractivity contribution in [3.8, 4) is 5.75 Å². The highest BCUT2D eigenvalue weighted by molar-refractivity contribution is 5.35. The summed E-state index contributed by atoms with van der Waals surface area (Å²) in [5.41, 5.74) is 1.68. The van der Waals surface area contributed by atoms with E-state index in [1.54, 1.807) is 12.5 Å². The van der Waals surface area contributed by atoms with E-state index in [1.165, 1.54) is 0 Å². The molecule has 0 amide bonds. The fraction of sp³-hybridized carbons (Fsp3) is 0.308. The van der Waals surface area contributed by atoms with Gasteiger partial charge in [-0.1, -0.05) is 30.3 Å². The molecule has 0 bridgehead atoms. The quantitative estimate of drug-likeness (QED) is 0.862. The van der Waals surface area contributed by atoms with Gasteiger partial charge in [-0.2, -0.15) is 0 Å². The number of hydrogen-bond acceptors (Lipinski definition) is 4. The van der Waals surface area contributed by atoms with E-state index in [9.17, 15) is 5.11 Å². The van der Waals surface area contributed by atoms with Crippen molar-refractivity contribution in [3.63, 3.8) is 0 Å². The second kappa shape index (κ2) is 5.50. The van der Waals surface area contributed by atoms with Crippen LogP contribution in [0.25, 0.3) is 0 Å². The lowest BCUT2D eigenvalue weighted by Crippen LogP contribution is -2.01. The van der Waals surface area contributed by atoms with Crippen molar-refractivity contribution in [3.05, 3.63) is 47.9 Å². The first-order chi connectivity index (χ1) is 8.31. The molecule has 4 heteroatoms. The Balaban J connectivity index is 2.09. The number of para-hydroxylation sites is 1. The molecular weight excluding hydrogens is 218 g/mol. The predicted octanol–water partition coefficient (Wildman–Crippen LogP) is 2.70. The third-order valence-electron chi connectivity index (χ3n) is 2.54. The normalized spacial score (nSPS) is 12.4. The van der Waals surface area contributed by atoms with Gasteiger partial charge in [0.1, 0.15) is 18.6 Å². The van der Waals surface area contributed by atoms with Gasteiger partial charge in [-0.25, -0.2) is 0 Å². The Labute approximate surface area is 99.8 Å². The maximum absolute atomic E-state index is 9.86. The molecular formula is C13H15NO3. The fourth-order valence-electron chi connectivity index (χ4n) is 1.57. The Hall–Kier alpha value is -1.81. The monoisotopic (exact) mass is 233 g/mol. The standard InChI is InChI=1S/C13H15NO3/c1-2-12(15)11-5-3-4-6-13(11)16-8-10-7-14-17-9-10/h3-7,9,12,15H,2,8H2,1H3/t12-/m1/s1. The predicted molar refractivity (Wildman–Crippen MR) is 62.5 cm³/mol. The molecule has 0 aliphatic carbocycles.